The topological polar surface area (TPSA) is 35.5 Å². The van der Waals surface area contributed by atoms with Gasteiger partial charge in [-0.25, -0.2) is 4.79 Å². The minimum absolute atomic E-state index is 0.159. The SMILES string of the molecule is CCCCOC(=O)[C@H]1O[C@H](C2CCCCC2)CC(Br)=C1C. The fourth-order valence-corrected chi connectivity index (χ4v) is 3.74. The van der Waals surface area contributed by atoms with E-state index in [1.807, 2.05) is 6.92 Å². The lowest BCUT2D eigenvalue weighted by molar-refractivity contribution is -0.161. The number of hydrogen-bond donors (Lipinski definition) is 0. The zero-order valence-electron chi connectivity index (χ0n) is 13.2. The van der Waals surface area contributed by atoms with Crippen LogP contribution in [0.3, 0.4) is 0 Å². The van der Waals surface area contributed by atoms with Gasteiger partial charge in [0.25, 0.3) is 0 Å². The number of ether oxygens (including phenoxy) is 2. The first kappa shape index (κ1) is 17.0. The molecular weight excluding hydrogens is 332 g/mol. The fourth-order valence-electron chi connectivity index (χ4n) is 3.21. The van der Waals surface area contributed by atoms with Crippen molar-refractivity contribution in [3.05, 3.63) is 10.1 Å². The number of esters is 1. The Kier molecular flexibility index (Phi) is 6.74. The molecule has 2 atom stereocenters. The summed E-state index contributed by atoms with van der Waals surface area (Å²) in [4.78, 5) is 12.3. The normalized spacial score (nSPS) is 27.8. The Balaban J connectivity index is 1.98. The smallest absolute Gasteiger partial charge is 0.339 e. The van der Waals surface area contributed by atoms with Crippen LogP contribution >= 0.6 is 15.9 Å². The third-order valence-electron chi connectivity index (χ3n) is 4.64. The number of unbranched alkanes of at least 4 members (excludes halogenated alkanes) is 1. The molecule has 2 rings (SSSR count). The van der Waals surface area contributed by atoms with Crippen LogP contribution in [0.25, 0.3) is 0 Å². The van der Waals surface area contributed by atoms with E-state index in [-0.39, 0.29) is 12.1 Å². The van der Waals surface area contributed by atoms with Gasteiger partial charge in [-0.05, 0) is 42.2 Å². The van der Waals surface area contributed by atoms with Crippen molar-refractivity contribution in [2.75, 3.05) is 6.61 Å². The molecule has 4 heteroatoms. The Morgan fingerprint density at radius 3 is 2.71 bits per heavy atom. The minimum atomic E-state index is -0.517. The summed E-state index contributed by atoms with van der Waals surface area (Å²) in [7, 11) is 0. The monoisotopic (exact) mass is 358 g/mol. The van der Waals surface area contributed by atoms with Crippen LogP contribution in [0.4, 0.5) is 0 Å². The molecule has 21 heavy (non-hydrogen) atoms. The molecule has 0 aromatic rings. The second-order valence-corrected chi connectivity index (χ2v) is 7.22. The Morgan fingerprint density at radius 2 is 2.05 bits per heavy atom. The lowest BCUT2D eigenvalue weighted by atomic mass is 9.83. The number of carbonyl (C=O) groups is 1. The van der Waals surface area contributed by atoms with Gasteiger partial charge < -0.3 is 9.47 Å². The largest absolute Gasteiger partial charge is 0.464 e. The summed E-state index contributed by atoms with van der Waals surface area (Å²) in [5.41, 5.74) is 0.976. The highest BCUT2D eigenvalue weighted by Gasteiger charge is 2.36. The first-order valence-electron chi connectivity index (χ1n) is 8.30. The van der Waals surface area contributed by atoms with Crippen molar-refractivity contribution in [2.24, 2.45) is 5.92 Å². The van der Waals surface area contributed by atoms with E-state index >= 15 is 0 Å². The van der Waals surface area contributed by atoms with Crippen LogP contribution in [0.2, 0.25) is 0 Å². The van der Waals surface area contributed by atoms with E-state index in [1.54, 1.807) is 0 Å². The molecule has 0 unspecified atom stereocenters. The number of carbonyl (C=O) groups excluding carboxylic acids is 1. The fraction of sp³-hybridized carbons (Fsp3) is 0.824. The van der Waals surface area contributed by atoms with Gasteiger partial charge in [-0.1, -0.05) is 48.5 Å². The second-order valence-electron chi connectivity index (χ2n) is 6.27. The highest BCUT2D eigenvalue weighted by molar-refractivity contribution is 9.11. The third-order valence-corrected chi connectivity index (χ3v) is 5.59. The molecule has 1 aliphatic carbocycles. The van der Waals surface area contributed by atoms with Crippen LogP contribution in [0.1, 0.15) is 65.2 Å². The number of halogens is 1. The van der Waals surface area contributed by atoms with Gasteiger partial charge in [-0.2, -0.15) is 0 Å². The lowest BCUT2D eigenvalue weighted by Gasteiger charge is -2.36. The van der Waals surface area contributed by atoms with Crippen molar-refractivity contribution in [3.63, 3.8) is 0 Å². The van der Waals surface area contributed by atoms with Crippen LogP contribution < -0.4 is 0 Å². The van der Waals surface area contributed by atoms with Gasteiger partial charge >= 0.3 is 5.97 Å². The molecule has 3 nitrogen and oxygen atoms in total. The van der Waals surface area contributed by atoms with Crippen molar-refractivity contribution in [2.45, 2.75) is 77.4 Å². The molecule has 2 aliphatic rings. The Bertz CT molecular complexity index is 385. The molecule has 1 saturated carbocycles. The van der Waals surface area contributed by atoms with E-state index < -0.39 is 6.10 Å². The van der Waals surface area contributed by atoms with E-state index in [1.165, 1.54) is 32.1 Å². The standard InChI is InChI=1S/C17H27BrO3/c1-3-4-10-20-17(19)16-12(2)14(18)11-15(21-16)13-8-6-5-7-9-13/h13,15-16H,3-11H2,1-2H3/t15-,16-/m0/s1. The molecule has 1 fully saturated rings. The molecule has 0 bridgehead atoms. The Morgan fingerprint density at radius 1 is 1.33 bits per heavy atom. The van der Waals surface area contributed by atoms with Gasteiger partial charge in [-0.3, -0.25) is 0 Å². The van der Waals surface area contributed by atoms with Crippen molar-refractivity contribution in [1.82, 2.24) is 0 Å². The summed E-state index contributed by atoms with van der Waals surface area (Å²) in [5.74, 6) is 0.365. The highest BCUT2D eigenvalue weighted by atomic mass is 79.9. The minimum Gasteiger partial charge on any atom is -0.464 e. The van der Waals surface area contributed by atoms with Crippen LogP contribution in [-0.2, 0) is 14.3 Å². The quantitative estimate of drug-likeness (QED) is 0.526. The zero-order valence-corrected chi connectivity index (χ0v) is 14.8. The lowest BCUT2D eigenvalue weighted by Crippen LogP contribution is -2.39. The summed E-state index contributed by atoms with van der Waals surface area (Å²) >= 11 is 3.64. The number of hydrogen-bond acceptors (Lipinski definition) is 3. The molecule has 0 N–H and O–H groups in total. The first-order valence-corrected chi connectivity index (χ1v) is 9.10. The molecule has 0 saturated heterocycles. The first-order chi connectivity index (χ1) is 10.1. The molecule has 0 radical (unpaired) electrons. The van der Waals surface area contributed by atoms with Gasteiger partial charge in [0.2, 0.25) is 0 Å². The van der Waals surface area contributed by atoms with Crippen LogP contribution in [-0.4, -0.2) is 24.8 Å². The molecule has 1 aliphatic heterocycles. The maximum absolute atomic E-state index is 12.3. The van der Waals surface area contributed by atoms with Gasteiger partial charge in [0.15, 0.2) is 6.10 Å². The van der Waals surface area contributed by atoms with E-state index in [4.69, 9.17) is 9.47 Å². The summed E-state index contributed by atoms with van der Waals surface area (Å²) in [6.07, 6.45) is 8.84. The van der Waals surface area contributed by atoms with Crippen LogP contribution in [0, 0.1) is 5.92 Å². The summed E-state index contributed by atoms with van der Waals surface area (Å²) in [6, 6.07) is 0. The van der Waals surface area contributed by atoms with E-state index in [2.05, 4.69) is 22.9 Å². The summed E-state index contributed by atoms with van der Waals surface area (Å²) < 4.78 is 12.6. The molecule has 0 aromatic carbocycles. The maximum Gasteiger partial charge on any atom is 0.339 e. The van der Waals surface area contributed by atoms with Gasteiger partial charge in [-0.15, -0.1) is 0 Å². The van der Waals surface area contributed by atoms with E-state index in [9.17, 15) is 4.79 Å². The maximum atomic E-state index is 12.3. The molecule has 120 valence electrons. The van der Waals surface area contributed by atoms with Crippen molar-refractivity contribution in [1.29, 1.82) is 0 Å². The zero-order chi connectivity index (χ0) is 15.2. The molecule has 0 spiro atoms. The van der Waals surface area contributed by atoms with E-state index in [0.29, 0.717) is 12.5 Å². The highest BCUT2D eigenvalue weighted by Crippen LogP contribution is 2.38. The average Bonchev–Trinajstić information content (AvgIpc) is 2.51. The molecule has 0 aromatic heterocycles. The molecular formula is C17H27BrO3. The molecule has 1 heterocycles. The van der Waals surface area contributed by atoms with Gasteiger partial charge in [0.05, 0.1) is 12.7 Å². The van der Waals surface area contributed by atoms with Crippen molar-refractivity contribution >= 4 is 21.9 Å². The average molecular weight is 359 g/mol. The summed E-state index contributed by atoms with van der Waals surface area (Å²) in [5, 5.41) is 0. The Hall–Kier alpha value is -0.350. The van der Waals surface area contributed by atoms with Crippen molar-refractivity contribution < 1.29 is 14.3 Å². The Labute approximate surface area is 136 Å². The summed E-state index contributed by atoms with van der Waals surface area (Å²) in [6.45, 7) is 4.55. The second kappa shape index (κ2) is 8.33. The van der Waals surface area contributed by atoms with Gasteiger partial charge in [0.1, 0.15) is 0 Å². The van der Waals surface area contributed by atoms with Crippen LogP contribution in [0.5, 0.6) is 0 Å². The van der Waals surface area contributed by atoms with Crippen molar-refractivity contribution in [3.8, 4) is 0 Å². The predicted molar refractivity (Wildman–Crippen MR) is 87.3 cm³/mol. The third kappa shape index (κ3) is 4.56. The molecule has 0 amide bonds. The van der Waals surface area contributed by atoms with Crippen LogP contribution in [0.15, 0.2) is 10.1 Å². The number of rotatable bonds is 5. The predicted octanol–water partition coefficient (Wildman–Crippen LogP) is 4.74. The van der Waals surface area contributed by atoms with Gasteiger partial charge in [0, 0.05) is 6.42 Å². The van der Waals surface area contributed by atoms with E-state index in [0.717, 1.165) is 29.3 Å².